The highest BCUT2D eigenvalue weighted by Gasteiger charge is 2.70. The number of carbonyl (C=O) groups is 3. The molecular weight excluding hydrogens is 374 g/mol. The average molecular weight is 401 g/mol. The van der Waals surface area contributed by atoms with Crippen LogP contribution in [0.15, 0.2) is 18.2 Å². The Kier molecular flexibility index (Phi) is 4.96. The summed E-state index contributed by atoms with van der Waals surface area (Å²) in [4.78, 5) is 41.0. The third-order valence-corrected chi connectivity index (χ3v) is 6.46. The Bertz CT molecular complexity index is 870. The number of nitrogens with zero attached hydrogens (tertiary/aromatic N) is 1. The van der Waals surface area contributed by atoms with E-state index in [-0.39, 0.29) is 24.3 Å². The highest BCUT2D eigenvalue weighted by atomic mass is 16.5. The fourth-order valence-electron chi connectivity index (χ4n) is 5.06. The van der Waals surface area contributed by atoms with Crippen molar-refractivity contribution in [1.82, 2.24) is 10.2 Å². The van der Waals surface area contributed by atoms with E-state index < -0.39 is 29.5 Å². The lowest BCUT2D eigenvalue weighted by Crippen LogP contribution is -2.54. The van der Waals surface area contributed by atoms with Crippen molar-refractivity contribution in [1.29, 1.82) is 0 Å². The van der Waals surface area contributed by atoms with Gasteiger partial charge in [0, 0.05) is 37.6 Å². The van der Waals surface area contributed by atoms with Crippen molar-refractivity contribution in [3.63, 3.8) is 0 Å². The number of anilines is 1. The van der Waals surface area contributed by atoms with E-state index in [1.54, 1.807) is 14.0 Å². The van der Waals surface area contributed by atoms with Crippen LogP contribution in [0.2, 0.25) is 0 Å². The fourth-order valence-corrected chi connectivity index (χ4v) is 5.06. The lowest BCUT2D eigenvalue weighted by molar-refractivity contribution is -0.143. The smallest absolute Gasteiger partial charge is 0.250 e. The molecule has 1 spiro atoms. The zero-order valence-corrected chi connectivity index (χ0v) is 16.9. The van der Waals surface area contributed by atoms with Gasteiger partial charge < -0.3 is 15.2 Å². The van der Waals surface area contributed by atoms with Crippen molar-refractivity contribution >= 4 is 23.4 Å². The van der Waals surface area contributed by atoms with Gasteiger partial charge in [-0.05, 0) is 31.4 Å². The van der Waals surface area contributed by atoms with E-state index in [1.807, 2.05) is 25.1 Å². The van der Waals surface area contributed by atoms with Crippen LogP contribution < -0.4 is 10.6 Å². The molecule has 3 amide bonds. The zero-order valence-electron chi connectivity index (χ0n) is 16.9. The Morgan fingerprint density at radius 3 is 2.69 bits per heavy atom. The van der Waals surface area contributed by atoms with Gasteiger partial charge in [0.15, 0.2) is 0 Å². The highest BCUT2D eigenvalue weighted by molar-refractivity contribution is 6.15. The van der Waals surface area contributed by atoms with E-state index in [0.717, 1.165) is 12.0 Å². The van der Waals surface area contributed by atoms with E-state index in [4.69, 9.17) is 4.74 Å². The minimum atomic E-state index is -1.35. The molecule has 1 aromatic carbocycles. The maximum atomic E-state index is 13.4. The van der Waals surface area contributed by atoms with Gasteiger partial charge in [0.05, 0.1) is 17.9 Å². The van der Waals surface area contributed by atoms with Crippen molar-refractivity contribution in [3.8, 4) is 0 Å². The summed E-state index contributed by atoms with van der Waals surface area (Å²) in [5, 5.41) is 16.5. The molecule has 4 rings (SSSR count). The van der Waals surface area contributed by atoms with Crippen LogP contribution in [-0.2, 0) is 31.1 Å². The number of aryl methyl sites for hydroxylation is 1. The molecule has 2 fully saturated rings. The number of nitrogens with one attached hydrogen (secondary N) is 2. The summed E-state index contributed by atoms with van der Waals surface area (Å²) in [5.41, 5.74) is 1.00. The van der Waals surface area contributed by atoms with Crippen LogP contribution in [0.5, 0.6) is 0 Å². The second-order valence-electron chi connectivity index (χ2n) is 8.08. The second kappa shape index (κ2) is 7.19. The number of benzene rings is 1. The lowest BCUT2D eigenvalue weighted by atomic mass is 9.76. The zero-order chi connectivity index (χ0) is 20.9. The Morgan fingerprint density at radius 1 is 1.28 bits per heavy atom. The summed E-state index contributed by atoms with van der Waals surface area (Å²) < 4.78 is 5.04. The predicted octanol–water partition coefficient (Wildman–Crippen LogP) is 0.387. The molecule has 0 aromatic heterocycles. The molecule has 3 N–H and O–H groups in total. The SMILES string of the molecule is CCc1ccc2c(c1)[C@@]1(N[C@@H]([C@@H](C)O)[C@H]3C(=O)N(CCCOC)C(=O)[C@H]31)C(=O)N2. The number of aliphatic hydroxyl groups is 1. The van der Waals surface area contributed by atoms with Gasteiger partial charge in [-0.1, -0.05) is 19.1 Å². The summed E-state index contributed by atoms with van der Waals surface area (Å²) >= 11 is 0. The molecular formula is C21H27N3O5. The third-order valence-electron chi connectivity index (χ3n) is 6.46. The van der Waals surface area contributed by atoms with Gasteiger partial charge in [-0.25, -0.2) is 0 Å². The molecule has 1 aromatic rings. The van der Waals surface area contributed by atoms with Crippen molar-refractivity contribution in [2.75, 3.05) is 25.6 Å². The normalized spacial score (nSPS) is 31.4. The first-order valence-electron chi connectivity index (χ1n) is 10.1. The number of fused-ring (bicyclic) bond motifs is 4. The standard InChI is InChI=1S/C21H27N3O5/c1-4-12-6-7-14-13(10-12)21(20(28)22-14)16-15(17(23-21)11(2)25)18(26)24(19(16)27)8-5-9-29-3/h6-7,10-11,15-17,23,25H,4-5,8-9H2,1-3H3,(H,22,28)/t11-,15+,16+,17+,21+/m1/s1. The van der Waals surface area contributed by atoms with Crippen LogP contribution in [-0.4, -0.2) is 60.1 Å². The first-order chi connectivity index (χ1) is 13.9. The number of methoxy groups -OCH3 is 1. The number of hydrogen-bond acceptors (Lipinski definition) is 6. The van der Waals surface area contributed by atoms with Gasteiger partial charge in [0.1, 0.15) is 5.54 Å². The lowest BCUT2D eigenvalue weighted by Gasteiger charge is -2.30. The number of likely N-dealkylation sites (tertiary alicyclic amines) is 1. The first-order valence-corrected chi connectivity index (χ1v) is 10.1. The maximum absolute atomic E-state index is 13.4. The molecule has 0 aliphatic carbocycles. The van der Waals surface area contributed by atoms with Crippen LogP contribution in [0.4, 0.5) is 5.69 Å². The van der Waals surface area contributed by atoms with E-state index in [9.17, 15) is 19.5 Å². The van der Waals surface area contributed by atoms with Crippen molar-refractivity contribution in [2.45, 2.75) is 44.4 Å². The van der Waals surface area contributed by atoms with E-state index in [0.29, 0.717) is 24.3 Å². The van der Waals surface area contributed by atoms with Crippen LogP contribution in [0.1, 0.15) is 31.4 Å². The summed E-state index contributed by atoms with van der Waals surface area (Å²) in [6.45, 7) is 4.27. The number of ether oxygens (including phenoxy) is 1. The highest BCUT2D eigenvalue weighted by Crippen LogP contribution is 2.53. The van der Waals surface area contributed by atoms with E-state index in [2.05, 4.69) is 10.6 Å². The number of imide groups is 1. The van der Waals surface area contributed by atoms with Gasteiger partial charge in [-0.15, -0.1) is 0 Å². The third kappa shape index (κ3) is 2.73. The molecule has 8 heteroatoms. The number of hydrogen-bond donors (Lipinski definition) is 3. The fraction of sp³-hybridized carbons (Fsp3) is 0.571. The van der Waals surface area contributed by atoms with Crippen molar-refractivity contribution in [2.24, 2.45) is 11.8 Å². The van der Waals surface area contributed by atoms with E-state index in [1.165, 1.54) is 4.90 Å². The minimum Gasteiger partial charge on any atom is -0.392 e. The Morgan fingerprint density at radius 2 is 2.03 bits per heavy atom. The number of carbonyl (C=O) groups excluding carboxylic acids is 3. The van der Waals surface area contributed by atoms with Gasteiger partial charge in [-0.3, -0.25) is 24.6 Å². The minimum absolute atomic E-state index is 0.241. The Labute approximate surface area is 169 Å². The van der Waals surface area contributed by atoms with Gasteiger partial charge in [0.25, 0.3) is 0 Å². The topological polar surface area (TPSA) is 108 Å². The number of aliphatic hydroxyl groups excluding tert-OH is 1. The molecule has 0 unspecified atom stereocenters. The van der Waals surface area contributed by atoms with Gasteiger partial charge in [0.2, 0.25) is 17.7 Å². The van der Waals surface area contributed by atoms with Crippen LogP contribution in [0.25, 0.3) is 0 Å². The van der Waals surface area contributed by atoms with Crippen LogP contribution in [0, 0.1) is 11.8 Å². The Hall–Kier alpha value is -2.29. The summed E-state index contributed by atoms with van der Waals surface area (Å²) in [5.74, 6) is -2.72. The maximum Gasteiger partial charge on any atom is 0.250 e. The summed E-state index contributed by atoms with van der Waals surface area (Å²) in [6, 6.07) is 5.01. The number of rotatable bonds is 6. The van der Waals surface area contributed by atoms with Gasteiger partial charge in [-0.2, -0.15) is 0 Å². The van der Waals surface area contributed by atoms with Crippen LogP contribution in [0.3, 0.4) is 0 Å². The largest absolute Gasteiger partial charge is 0.392 e. The molecule has 5 atom stereocenters. The molecule has 156 valence electrons. The second-order valence-corrected chi connectivity index (χ2v) is 8.08. The van der Waals surface area contributed by atoms with Crippen molar-refractivity contribution in [3.05, 3.63) is 29.3 Å². The quantitative estimate of drug-likeness (QED) is 0.470. The van der Waals surface area contributed by atoms with Crippen LogP contribution >= 0.6 is 0 Å². The average Bonchev–Trinajstić information content (AvgIpc) is 3.28. The summed E-state index contributed by atoms with van der Waals surface area (Å²) in [7, 11) is 1.57. The molecule has 0 radical (unpaired) electrons. The predicted molar refractivity (Wildman–Crippen MR) is 105 cm³/mol. The van der Waals surface area contributed by atoms with E-state index >= 15 is 0 Å². The number of amides is 3. The monoisotopic (exact) mass is 401 g/mol. The Balaban J connectivity index is 1.81. The molecule has 2 saturated heterocycles. The molecule has 0 saturated carbocycles. The molecule has 0 bridgehead atoms. The summed E-state index contributed by atoms with van der Waals surface area (Å²) in [6.07, 6.45) is 0.404. The van der Waals surface area contributed by atoms with Crippen molar-refractivity contribution < 1.29 is 24.2 Å². The molecule has 29 heavy (non-hydrogen) atoms. The molecule has 3 heterocycles. The molecule has 3 aliphatic heterocycles. The molecule has 3 aliphatic rings. The molecule has 8 nitrogen and oxygen atoms in total. The van der Waals surface area contributed by atoms with Gasteiger partial charge >= 0.3 is 0 Å². The first kappa shape index (κ1) is 20.0.